The lowest BCUT2D eigenvalue weighted by Gasteiger charge is -2.13. The number of pyridine rings is 1. The number of fused-ring (bicyclic) bond motifs is 1. The molecular weight excluding hydrogens is 383 g/mol. The van der Waals surface area contributed by atoms with Gasteiger partial charge in [-0.3, -0.25) is 0 Å². The molecule has 0 amide bonds. The van der Waals surface area contributed by atoms with Crippen molar-refractivity contribution in [1.29, 1.82) is 0 Å². The van der Waals surface area contributed by atoms with Gasteiger partial charge in [0.05, 0.1) is 12.7 Å². The van der Waals surface area contributed by atoms with Crippen LogP contribution in [0, 0.1) is 0 Å². The quantitative estimate of drug-likeness (QED) is 0.486. The van der Waals surface area contributed by atoms with Crippen molar-refractivity contribution in [2.75, 3.05) is 7.11 Å². The van der Waals surface area contributed by atoms with Crippen LogP contribution >= 0.6 is 0 Å². The van der Waals surface area contributed by atoms with Gasteiger partial charge in [0.2, 0.25) is 0 Å². The number of rotatable bonds is 5. The summed E-state index contributed by atoms with van der Waals surface area (Å²) in [6.45, 7) is -0.0621. The molecule has 0 fully saturated rings. The molecule has 0 radical (unpaired) electrons. The molecule has 2 aromatic carbocycles. The number of halogens is 3. The van der Waals surface area contributed by atoms with Crippen LogP contribution in [0.5, 0.6) is 5.75 Å². The Kier molecular flexibility index (Phi) is 4.84. The highest BCUT2D eigenvalue weighted by Crippen LogP contribution is 2.30. The summed E-state index contributed by atoms with van der Waals surface area (Å²) < 4.78 is 45.6. The van der Waals surface area contributed by atoms with Crippen molar-refractivity contribution in [2.45, 2.75) is 12.8 Å². The number of hydrogen-bond acceptors (Lipinski definition) is 4. The third-order valence-corrected chi connectivity index (χ3v) is 4.35. The predicted octanol–water partition coefficient (Wildman–Crippen LogP) is 4.75. The lowest BCUT2D eigenvalue weighted by atomic mass is 10.1. The second kappa shape index (κ2) is 7.46. The van der Waals surface area contributed by atoms with Gasteiger partial charge in [0.1, 0.15) is 17.9 Å². The van der Waals surface area contributed by atoms with Crippen LogP contribution in [-0.2, 0) is 12.8 Å². The van der Waals surface area contributed by atoms with E-state index in [4.69, 9.17) is 9.57 Å². The van der Waals surface area contributed by atoms with Gasteiger partial charge in [-0.15, -0.1) is 0 Å². The molecule has 0 bridgehead atoms. The van der Waals surface area contributed by atoms with E-state index in [9.17, 15) is 13.2 Å². The smallest absolute Gasteiger partial charge is 0.416 e. The minimum atomic E-state index is -4.41. The van der Waals surface area contributed by atoms with Crippen LogP contribution in [0.15, 0.2) is 66.9 Å². The van der Waals surface area contributed by atoms with E-state index in [0.29, 0.717) is 28.3 Å². The Balaban J connectivity index is 1.69. The molecule has 2 aromatic heterocycles. The van der Waals surface area contributed by atoms with Gasteiger partial charge >= 0.3 is 6.18 Å². The molecule has 0 aliphatic rings. The molecular formula is C21H16F3N3O2. The topological polar surface area (TPSA) is 49.2 Å². The Morgan fingerprint density at radius 2 is 1.79 bits per heavy atom. The average Bonchev–Trinajstić information content (AvgIpc) is 3.10. The molecule has 5 nitrogen and oxygen atoms in total. The summed E-state index contributed by atoms with van der Waals surface area (Å²) in [5.41, 5.74) is 1.53. The summed E-state index contributed by atoms with van der Waals surface area (Å²) in [7, 11) is 1.58. The minimum Gasteiger partial charge on any atom is -0.497 e. The van der Waals surface area contributed by atoms with Crippen molar-refractivity contribution in [1.82, 2.24) is 14.7 Å². The van der Waals surface area contributed by atoms with E-state index in [2.05, 4.69) is 9.97 Å². The number of ether oxygens (including phenoxy) is 1. The SMILES string of the molecule is COc1ccc(-c2nc3ncccc3n2OCc2cccc(C(F)(F)F)c2)cc1. The number of methoxy groups -OCH3 is 1. The van der Waals surface area contributed by atoms with Gasteiger partial charge in [-0.2, -0.15) is 17.9 Å². The second-order valence-corrected chi connectivity index (χ2v) is 6.28. The van der Waals surface area contributed by atoms with Gasteiger partial charge < -0.3 is 9.57 Å². The van der Waals surface area contributed by atoms with Crippen molar-refractivity contribution in [3.8, 4) is 17.1 Å². The van der Waals surface area contributed by atoms with Crippen LogP contribution in [0.25, 0.3) is 22.6 Å². The maximum atomic E-state index is 13.0. The largest absolute Gasteiger partial charge is 0.497 e. The van der Waals surface area contributed by atoms with E-state index in [1.54, 1.807) is 43.6 Å². The summed E-state index contributed by atoms with van der Waals surface area (Å²) in [6.07, 6.45) is -2.79. The van der Waals surface area contributed by atoms with E-state index in [1.165, 1.54) is 10.8 Å². The standard InChI is InChI=1S/C21H16F3N3O2/c1-28-17-9-7-15(8-10-17)20-26-19-18(6-3-11-25-19)27(20)29-13-14-4-2-5-16(12-14)21(22,23)24/h2-12H,13H2,1H3. The van der Waals surface area contributed by atoms with Crippen molar-refractivity contribution in [2.24, 2.45) is 0 Å². The van der Waals surface area contributed by atoms with Gasteiger partial charge in [-0.1, -0.05) is 12.1 Å². The molecule has 4 rings (SSSR count). The molecule has 29 heavy (non-hydrogen) atoms. The second-order valence-electron chi connectivity index (χ2n) is 6.28. The van der Waals surface area contributed by atoms with Crippen LogP contribution in [0.1, 0.15) is 11.1 Å². The lowest BCUT2D eigenvalue weighted by molar-refractivity contribution is -0.137. The van der Waals surface area contributed by atoms with E-state index in [-0.39, 0.29) is 6.61 Å². The van der Waals surface area contributed by atoms with E-state index in [0.717, 1.165) is 17.7 Å². The number of imidazole rings is 1. The first-order chi connectivity index (χ1) is 14.0. The van der Waals surface area contributed by atoms with Gasteiger partial charge in [0, 0.05) is 11.8 Å². The third kappa shape index (κ3) is 3.87. The zero-order valence-corrected chi connectivity index (χ0v) is 15.3. The fourth-order valence-electron chi connectivity index (χ4n) is 2.92. The molecule has 0 saturated carbocycles. The number of hydrogen-bond donors (Lipinski definition) is 0. The summed E-state index contributed by atoms with van der Waals surface area (Å²) in [4.78, 5) is 14.6. The van der Waals surface area contributed by atoms with Crippen LogP contribution in [0.4, 0.5) is 13.2 Å². The molecule has 4 aromatic rings. The Morgan fingerprint density at radius 3 is 2.52 bits per heavy atom. The first kappa shape index (κ1) is 18.8. The normalized spacial score (nSPS) is 11.6. The molecule has 0 aliphatic heterocycles. The van der Waals surface area contributed by atoms with Gasteiger partial charge in [0.25, 0.3) is 0 Å². The highest BCUT2D eigenvalue weighted by atomic mass is 19.4. The van der Waals surface area contributed by atoms with Gasteiger partial charge in [0.15, 0.2) is 11.5 Å². The number of nitrogens with zero attached hydrogens (tertiary/aromatic N) is 3. The highest BCUT2D eigenvalue weighted by Gasteiger charge is 2.30. The Hall–Kier alpha value is -3.55. The molecule has 8 heteroatoms. The van der Waals surface area contributed by atoms with E-state index in [1.807, 2.05) is 12.1 Å². The molecule has 0 unspecified atom stereocenters. The summed E-state index contributed by atoms with van der Waals surface area (Å²) in [5.74, 6) is 1.19. The Bertz CT molecular complexity index is 1140. The van der Waals surface area contributed by atoms with E-state index < -0.39 is 11.7 Å². The van der Waals surface area contributed by atoms with Crippen LogP contribution < -0.4 is 9.57 Å². The lowest BCUT2D eigenvalue weighted by Crippen LogP contribution is -2.13. The first-order valence-corrected chi connectivity index (χ1v) is 8.73. The fraction of sp³-hybridized carbons (Fsp3) is 0.143. The number of benzene rings is 2. The van der Waals surface area contributed by atoms with Crippen LogP contribution in [0.3, 0.4) is 0 Å². The average molecular weight is 399 g/mol. The number of alkyl halides is 3. The molecule has 0 spiro atoms. The molecule has 148 valence electrons. The van der Waals surface area contributed by atoms with Gasteiger partial charge in [-0.25, -0.2) is 9.97 Å². The fourth-order valence-corrected chi connectivity index (χ4v) is 2.92. The monoisotopic (exact) mass is 399 g/mol. The minimum absolute atomic E-state index is 0.0621. The molecule has 0 atom stereocenters. The highest BCUT2D eigenvalue weighted by molar-refractivity contribution is 5.76. The predicted molar refractivity (Wildman–Crippen MR) is 101 cm³/mol. The van der Waals surface area contributed by atoms with Crippen LogP contribution in [0.2, 0.25) is 0 Å². The molecule has 0 saturated heterocycles. The zero-order chi connectivity index (χ0) is 20.4. The molecule has 0 aliphatic carbocycles. The summed E-state index contributed by atoms with van der Waals surface area (Å²) in [5, 5.41) is 0. The maximum absolute atomic E-state index is 13.0. The Labute approximate surface area is 164 Å². The number of aromatic nitrogens is 3. The van der Waals surface area contributed by atoms with Crippen LogP contribution in [-0.4, -0.2) is 21.8 Å². The maximum Gasteiger partial charge on any atom is 0.416 e. The van der Waals surface area contributed by atoms with Crippen molar-refractivity contribution in [3.05, 3.63) is 78.0 Å². The van der Waals surface area contributed by atoms with Gasteiger partial charge in [-0.05, 0) is 54.1 Å². The zero-order valence-electron chi connectivity index (χ0n) is 15.3. The summed E-state index contributed by atoms with van der Waals surface area (Å²) in [6, 6.07) is 15.8. The van der Waals surface area contributed by atoms with Crippen molar-refractivity contribution in [3.63, 3.8) is 0 Å². The Morgan fingerprint density at radius 1 is 1.00 bits per heavy atom. The molecule has 0 N–H and O–H groups in total. The third-order valence-electron chi connectivity index (χ3n) is 4.35. The van der Waals surface area contributed by atoms with E-state index >= 15 is 0 Å². The van der Waals surface area contributed by atoms with Crippen molar-refractivity contribution >= 4 is 11.2 Å². The molecule has 2 heterocycles. The summed E-state index contributed by atoms with van der Waals surface area (Å²) >= 11 is 0. The van der Waals surface area contributed by atoms with Crippen molar-refractivity contribution < 1.29 is 22.7 Å². The first-order valence-electron chi connectivity index (χ1n) is 8.73.